The largest absolute Gasteiger partial charge is 0.444 e. The van der Waals surface area contributed by atoms with Crippen LogP contribution < -0.4 is 5.32 Å². The third-order valence-corrected chi connectivity index (χ3v) is 2.43. The lowest BCUT2D eigenvalue weighted by Gasteiger charge is -2.24. The van der Waals surface area contributed by atoms with Crippen molar-refractivity contribution in [1.29, 1.82) is 0 Å². The van der Waals surface area contributed by atoms with E-state index >= 15 is 0 Å². The summed E-state index contributed by atoms with van der Waals surface area (Å²) in [6, 6.07) is 0. The van der Waals surface area contributed by atoms with E-state index in [1.807, 2.05) is 27.8 Å². The Bertz CT molecular complexity index is 229. The van der Waals surface area contributed by atoms with Crippen molar-refractivity contribution >= 4 is 18.5 Å². The minimum Gasteiger partial charge on any atom is -0.444 e. The average Bonchev–Trinajstić information content (AvgIpc) is 2.50. The van der Waals surface area contributed by atoms with E-state index in [0.29, 0.717) is 5.92 Å². The third-order valence-electron chi connectivity index (χ3n) is 2.43. The number of nitrogens with zero attached hydrogens (tertiary/aromatic N) is 1. The van der Waals surface area contributed by atoms with Gasteiger partial charge in [0.15, 0.2) is 0 Å². The van der Waals surface area contributed by atoms with Crippen LogP contribution in [-0.2, 0) is 4.74 Å². The lowest BCUT2D eigenvalue weighted by Crippen LogP contribution is -2.36. The van der Waals surface area contributed by atoms with Crippen LogP contribution in [0.2, 0.25) is 0 Å². The first-order valence-electron chi connectivity index (χ1n) is 5.55. The quantitative estimate of drug-likeness (QED) is 0.814. The molecule has 1 aliphatic rings. The van der Waals surface area contributed by atoms with Gasteiger partial charge in [-0.1, -0.05) is 0 Å². The van der Waals surface area contributed by atoms with Gasteiger partial charge in [0.25, 0.3) is 0 Å². The van der Waals surface area contributed by atoms with Gasteiger partial charge in [-0.25, -0.2) is 4.79 Å². The van der Waals surface area contributed by atoms with Crippen molar-refractivity contribution in [3.63, 3.8) is 0 Å². The Labute approximate surface area is 104 Å². The van der Waals surface area contributed by atoms with Gasteiger partial charge >= 0.3 is 6.09 Å². The molecule has 0 spiro atoms. The third kappa shape index (κ3) is 5.03. The summed E-state index contributed by atoms with van der Waals surface area (Å²) in [5.74, 6) is 0.572. The molecular weight excluding hydrogens is 228 g/mol. The van der Waals surface area contributed by atoms with Gasteiger partial charge < -0.3 is 15.0 Å². The highest BCUT2D eigenvalue weighted by molar-refractivity contribution is 5.85. The fraction of sp³-hybridized carbons (Fsp3) is 0.909. The van der Waals surface area contributed by atoms with Crippen molar-refractivity contribution in [2.24, 2.45) is 5.92 Å². The number of carbonyl (C=O) groups is 1. The summed E-state index contributed by atoms with van der Waals surface area (Å²) in [5, 5.41) is 3.14. The predicted octanol–water partition coefficient (Wildman–Crippen LogP) is 1.88. The van der Waals surface area contributed by atoms with Crippen LogP contribution in [0.4, 0.5) is 4.79 Å². The molecule has 0 aliphatic carbocycles. The number of ether oxygens (including phenoxy) is 1. The van der Waals surface area contributed by atoms with Gasteiger partial charge in [0.2, 0.25) is 0 Å². The van der Waals surface area contributed by atoms with E-state index in [9.17, 15) is 4.79 Å². The molecule has 1 rings (SSSR count). The fourth-order valence-electron chi connectivity index (χ4n) is 1.78. The zero-order valence-electron chi connectivity index (χ0n) is 10.6. The summed E-state index contributed by atoms with van der Waals surface area (Å²) in [4.78, 5) is 13.5. The lowest BCUT2D eigenvalue weighted by molar-refractivity contribution is 0.0288. The molecule has 1 amide bonds. The molecule has 1 N–H and O–H groups in total. The lowest BCUT2D eigenvalue weighted by atomic mass is 10.1. The minimum atomic E-state index is -0.391. The molecule has 0 bridgehead atoms. The maximum atomic E-state index is 11.7. The molecule has 0 unspecified atom stereocenters. The smallest absolute Gasteiger partial charge is 0.410 e. The number of nitrogens with one attached hydrogen (secondary N) is 1. The molecule has 0 aromatic rings. The number of amides is 1. The molecule has 0 aromatic heterocycles. The fourth-order valence-corrected chi connectivity index (χ4v) is 1.78. The van der Waals surface area contributed by atoms with Crippen molar-refractivity contribution in [2.45, 2.75) is 32.8 Å². The van der Waals surface area contributed by atoms with Crippen LogP contribution in [0.5, 0.6) is 0 Å². The molecule has 0 radical (unpaired) electrons. The van der Waals surface area contributed by atoms with Crippen LogP contribution >= 0.6 is 12.4 Å². The zero-order chi connectivity index (χ0) is 11.5. The molecule has 1 heterocycles. The van der Waals surface area contributed by atoms with Gasteiger partial charge in [-0.2, -0.15) is 0 Å². The predicted molar refractivity (Wildman–Crippen MR) is 67.1 cm³/mol. The summed E-state index contributed by atoms with van der Waals surface area (Å²) >= 11 is 0. The molecule has 1 fully saturated rings. The van der Waals surface area contributed by atoms with Crippen molar-refractivity contribution < 1.29 is 9.53 Å². The summed E-state index contributed by atoms with van der Waals surface area (Å²) < 4.78 is 5.31. The highest BCUT2D eigenvalue weighted by atomic mass is 35.5. The molecule has 1 saturated heterocycles. The zero-order valence-corrected chi connectivity index (χ0v) is 11.4. The first kappa shape index (κ1) is 15.5. The Morgan fingerprint density at radius 2 is 2.12 bits per heavy atom. The molecular formula is C11H23ClN2O2. The SMILES string of the molecule is CNC[C@@H]1CCN(C(=O)OC(C)(C)C)C1.Cl. The van der Waals surface area contributed by atoms with Crippen LogP contribution in [0.1, 0.15) is 27.2 Å². The Morgan fingerprint density at radius 1 is 1.50 bits per heavy atom. The second kappa shape index (κ2) is 6.30. The van der Waals surface area contributed by atoms with Crippen LogP contribution in [0, 0.1) is 5.92 Å². The highest BCUT2D eigenvalue weighted by Crippen LogP contribution is 2.18. The second-order valence-corrected chi connectivity index (χ2v) is 5.14. The second-order valence-electron chi connectivity index (χ2n) is 5.14. The Hall–Kier alpha value is -0.480. The molecule has 1 atom stereocenters. The van der Waals surface area contributed by atoms with Crippen LogP contribution in [0.15, 0.2) is 0 Å². The molecule has 16 heavy (non-hydrogen) atoms. The van der Waals surface area contributed by atoms with E-state index in [-0.39, 0.29) is 18.5 Å². The monoisotopic (exact) mass is 250 g/mol. The highest BCUT2D eigenvalue weighted by Gasteiger charge is 2.29. The van der Waals surface area contributed by atoms with Crippen molar-refractivity contribution in [2.75, 3.05) is 26.7 Å². The topological polar surface area (TPSA) is 41.6 Å². The Kier molecular flexibility index (Phi) is 6.11. The summed E-state index contributed by atoms with van der Waals surface area (Å²) in [6.45, 7) is 8.29. The number of likely N-dealkylation sites (tertiary alicyclic amines) is 1. The van der Waals surface area contributed by atoms with Crippen LogP contribution in [-0.4, -0.2) is 43.3 Å². The van der Waals surface area contributed by atoms with E-state index < -0.39 is 5.60 Å². The van der Waals surface area contributed by atoms with E-state index in [0.717, 1.165) is 26.1 Å². The molecule has 0 aromatic carbocycles. The standard InChI is InChI=1S/C11H22N2O2.ClH/c1-11(2,3)15-10(14)13-6-5-9(8-13)7-12-4;/h9,12H,5-8H2,1-4H3;1H/t9-;/m0./s1. The summed E-state index contributed by atoms with van der Waals surface area (Å²) in [6.07, 6.45) is 0.890. The van der Waals surface area contributed by atoms with Gasteiger partial charge in [-0.05, 0) is 46.7 Å². The van der Waals surface area contributed by atoms with Crippen molar-refractivity contribution in [3.8, 4) is 0 Å². The number of rotatable bonds is 2. The molecule has 0 saturated carbocycles. The first-order chi connectivity index (χ1) is 6.92. The molecule has 5 heteroatoms. The minimum absolute atomic E-state index is 0. The summed E-state index contributed by atoms with van der Waals surface area (Å²) in [7, 11) is 1.94. The van der Waals surface area contributed by atoms with Gasteiger partial charge in [-0.3, -0.25) is 0 Å². The molecule has 4 nitrogen and oxygen atoms in total. The maximum absolute atomic E-state index is 11.7. The molecule has 1 aliphatic heterocycles. The number of carbonyl (C=O) groups excluding carboxylic acids is 1. The normalized spacial score (nSPS) is 20.5. The first-order valence-corrected chi connectivity index (χ1v) is 5.55. The van der Waals surface area contributed by atoms with Gasteiger partial charge in [0, 0.05) is 13.1 Å². The van der Waals surface area contributed by atoms with Gasteiger partial charge in [0.05, 0.1) is 0 Å². The average molecular weight is 251 g/mol. The van der Waals surface area contributed by atoms with E-state index in [4.69, 9.17) is 4.74 Å². The Balaban J connectivity index is 0.00000225. The van der Waals surface area contributed by atoms with E-state index in [1.54, 1.807) is 4.90 Å². The van der Waals surface area contributed by atoms with Crippen LogP contribution in [0.3, 0.4) is 0 Å². The Morgan fingerprint density at radius 3 is 2.62 bits per heavy atom. The van der Waals surface area contributed by atoms with Gasteiger partial charge in [-0.15, -0.1) is 12.4 Å². The van der Waals surface area contributed by atoms with Gasteiger partial charge in [0.1, 0.15) is 5.60 Å². The number of halogens is 1. The summed E-state index contributed by atoms with van der Waals surface area (Å²) in [5.41, 5.74) is -0.391. The number of hydrogen-bond acceptors (Lipinski definition) is 3. The maximum Gasteiger partial charge on any atom is 0.410 e. The van der Waals surface area contributed by atoms with Crippen molar-refractivity contribution in [3.05, 3.63) is 0 Å². The van der Waals surface area contributed by atoms with Crippen LogP contribution in [0.25, 0.3) is 0 Å². The van der Waals surface area contributed by atoms with Crippen molar-refractivity contribution in [1.82, 2.24) is 10.2 Å². The molecule has 96 valence electrons. The number of hydrogen-bond donors (Lipinski definition) is 1. The van der Waals surface area contributed by atoms with E-state index in [1.165, 1.54) is 0 Å². The van der Waals surface area contributed by atoms with E-state index in [2.05, 4.69) is 5.32 Å².